The van der Waals surface area contributed by atoms with Crippen molar-refractivity contribution < 1.29 is 23.8 Å². The number of nitrogens with zero attached hydrogens (tertiary/aromatic N) is 1. The molecule has 1 aromatic rings. The van der Waals surface area contributed by atoms with Gasteiger partial charge in [-0.3, -0.25) is 4.90 Å². The molecular weight excluding hydrogens is 253 g/mol. The molecule has 1 amide bonds. The predicted molar refractivity (Wildman–Crippen MR) is 64.9 cm³/mol. The van der Waals surface area contributed by atoms with Crippen molar-refractivity contribution in [2.24, 2.45) is 0 Å². The number of halogens is 1. The van der Waals surface area contributed by atoms with Crippen molar-refractivity contribution >= 4 is 12.1 Å². The van der Waals surface area contributed by atoms with Crippen LogP contribution in [-0.2, 0) is 11.2 Å². The van der Waals surface area contributed by atoms with E-state index in [0.29, 0.717) is 12.0 Å². The summed E-state index contributed by atoms with van der Waals surface area (Å²) in [6.45, 7) is -0.0692. The highest BCUT2D eigenvalue weighted by atomic mass is 19.1. The Bertz CT molecular complexity index is 488. The van der Waals surface area contributed by atoms with Gasteiger partial charge in [0.25, 0.3) is 0 Å². The number of carboxylic acid groups (broad SMARTS) is 1. The minimum absolute atomic E-state index is 0.0692. The fourth-order valence-corrected chi connectivity index (χ4v) is 2.10. The van der Waals surface area contributed by atoms with Gasteiger partial charge in [-0.2, -0.15) is 0 Å². The molecule has 0 radical (unpaired) electrons. The molecule has 1 heterocycles. The summed E-state index contributed by atoms with van der Waals surface area (Å²) in [5.41, 5.74) is 1.19. The lowest BCUT2D eigenvalue weighted by molar-refractivity contribution is 0.00242. The van der Waals surface area contributed by atoms with E-state index in [0.717, 1.165) is 10.5 Å². The summed E-state index contributed by atoms with van der Waals surface area (Å²) < 4.78 is 17.9. The molecule has 2 atom stereocenters. The summed E-state index contributed by atoms with van der Waals surface area (Å²) in [6.07, 6.45) is -1.93. The minimum Gasteiger partial charge on any atom is -0.465 e. The first kappa shape index (κ1) is 13.3. The lowest BCUT2D eigenvalue weighted by Crippen LogP contribution is -2.60. The number of carbonyl (C=O) groups excluding carboxylic acids is 1. The number of alkyl halides is 1. The maximum Gasteiger partial charge on any atom is 0.407 e. The smallest absolute Gasteiger partial charge is 0.407 e. The van der Waals surface area contributed by atoms with Crippen LogP contribution in [0.1, 0.15) is 15.9 Å². The van der Waals surface area contributed by atoms with Crippen molar-refractivity contribution in [2.75, 3.05) is 13.7 Å². The monoisotopic (exact) mass is 267 g/mol. The molecule has 1 N–H and O–H groups in total. The summed E-state index contributed by atoms with van der Waals surface area (Å²) in [5.74, 6) is -0.439. The SMILES string of the molecule is COC(=O)c1ccc(CC2C(F)CN2C(=O)O)cc1. The molecule has 1 fully saturated rings. The number of hydrogen-bond acceptors (Lipinski definition) is 3. The van der Waals surface area contributed by atoms with Crippen molar-refractivity contribution in [2.45, 2.75) is 18.6 Å². The van der Waals surface area contributed by atoms with Gasteiger partial charge in [0, 0.05) is 0 Å². The number of ether oxygens (including phenoxy) is 1. The minimum atomic E-state index is -1.13. The van der Waals surface area contributed by atoms with Crippen LogP contribution < -0.4 is 0 Å². The fraction of sp³-hybridized carbons (Fsp3) is 0.385. The molecule has 2 unspecified atom stereocenters. The summed E-state index contributed by atoms with van der Waals surface area (Å²) in [7, 11) is 1.29. The van der Waals surface area contributed by atoms with Gasteiger partial charge in [0.1, 0.15) is 6.17 Å². The number of rotatable bonds is 3. The summed E-state index contributed by atoms with van der Waals surface area (Å²) >= 11 is 0. The van der Waals surface area contributed by atoms with E-state index in [2.05, 4.69) is 4.74 Å². The van der Waals surface area contributed by atoms with Crippen molar-refractivity contribution in [3.05, 3.63) is 35.4 Å². The van der Waals surface area contributed by atoms with Crippen LogP contribution >= 0.6 is 0 Å². The molecule has 0 aliphatic carbocycles. The van der Waals surface area contributed by atoms with E-state index in [1.54, 1.807) is 24.3 Å². The Morgan fingerprint density at radius 1 is 1.42 bits per heavy atom. The zero-order chi connectivity index (χ0) is 14.0. The van der Waals surface area contributed by atoms with Gasteiger partial charge in [0.15, 0.2) is 0 Å². The molecule has 1 aromatic carbocycles. The number of likely N-dealkylation sites (tertiary alicyclic amines) is 1. The Hall–Kier alpha value is -2.11. The van der Waals surface area contributed by atoms with Gasteiger partial charge in [-0.15, -0.1) is 0 Å². The standard InChI is InChI=1S/C13H14FNO4/c1-19-12(16)9-4-2-8(3-5-9)6-11-10(14)7-15(11)13(17)18/h2-5,10-11H,6-7H2,1H3,(H,17,18). The summed E-state index contributed by atoms with van der Waals surface area (Å²) in [6, 6.07) is 5.88. The average Bonchev–Trinajstić information content (AvgIpc) is 2.41. The van der Waals surface area contributed by atoms with E-state index in [9.17, 15) is 14.0 Å². The van der Waals surface area contributed by atoms with Gasteiger partial charge in [-0.05, 0) is 24.1 Å². The molecule has 102 valence electrons. The van der Waals surface area contributed by atoms with Crippen LogP contribution in [0.5, 0.6) is 0 Å². The molecule has 0 aromatic heterocycles. The molecule has 1 aliphatic rings. The third-order valence-corrected chi connectivity index (χ3v) is 3.25. The molecule has 0 bridgehead atoms. The second-order valence-electron chi connectivity index (χ2n) is 4.41. The molecule has 0 saturated carbocycles. The zero-order valence-electron chi connectivity index (χ0n) is 10.4. The third kappa shape index (κ3) is 2.67. The second-order valence-corrected chi connectivity index (χ2v) is 4.41. The van der Waals surface area contributed by atoms with Gasteiger partial charge in [0.2, 0.25) is 0 Å². The number of hydrogen-bond donors (Lipinski definition) is 1. The van der Waals surface area contributed by atoms with Crippen molar-refractivity contribution in [1.29, 1.82) is 0 Å². The van der Waals surface area contributed by atoms with Gasteiger partial charge in [-0.25, -0.2) is 14.0 Å². The first-order valence-corrected chi connectivity index (χ1v) is 5.84. The zero-order valence-corrected chi connectivity index (χ0v) is 10.4. The van der Waals surface area contributed by atoms with E-state index in [-0.39, 0.29) is 6.54 Å². The molecule has 6 heteroatoms. The van der Waals surface area contributed by atoms with E-state index in [4.69, 9.17) is 5.11 Å². The van der Waals surface area contributed by atoms with Crippen LogP contribution in [0.25, 0.3) is 0 Å². The Morgan fingerprint density at radius 3 is 2.53 bits per heavy atom. The normalized spacial score (nSPS) is 21.7. The molecule has 5 nitrogen and oxygen atoms in total. The molecule has 2 rings (SSSR count). The van der Waals surface area contributed by atoms with Crippen molar-refractivity contribution in [3.63, 3.8) is 0 Å². The van der Waals surface area contributed by atoms with Gasteiger partial charge in [-0.1, -0.05) is 12.1 Å². The molecule has 1 aliphatic heterocycles. The maximum absolute atomic E-state index is 13.4. The van der Waals surface area contributed by atoms with Crippen LogP contribution in [0, 0.1) is 0 Å². The van der Waals surface area contributed by atoms with Crippen LogP contribution in [0.3, 0.4) is 0 Å². The second kappa shape index (κ2) is 5.26. The highest BCUT2D eigenvalue weighted by molar-refractivity contribution is 5.89. The van der Waals surface area contributed by atoms with E-state index < -0.39 is 24.3 Å². The van der Waals surface area contributed by atoms with E-state index >= 15 is 0 Å². The highest BCUT2D eigenvalue weighted by Crippen LogP contribution is 2.25. The van der Waals surface area contributed by atoms with Crippen LogP contribution in [-0.4, -0.2) is 47.9 Å². The van der Waals surface area contributed by atoms with Crippen molar-refractivity contribution in [3.8, 4) is 0 Å². The predicted octanol–water partition coefficient (Wildman–Crippen LogP) is 1.72. The first-order chi connectivity index (χ1) is 9.02. The van der Waals surface area contributed by atoms with Crippen LogP contribution in [0.4, 0.5) is 9.18 Å². The summed E-state index contributed by atoms with van der Waals surface area (Å²) in [4.78, 5) is 23.1. The largest absolute Gasteiger partial charge is 0.465 e. The molecule has 0 spiro atoms. The lowest BCUT2D eigenvalue weighted by Gasteiger charge is -2.42. The number of benzene rings is 1. The number of esters is 1. The van der Waals surface area contributed by atoms with E-state index in [1.165, 1.54) is 7.11 Å². The van der Waals surface area contributed by atoms with Gasteiger partial charge >= 0.3 is 12.1 Å². The Kier molecular flexibility index (Phi) is 3.69. The lowest BCUT2D eigenvalue weighted by atomic mass is 9.93. The molecule has 1 saturated heterocycles. The first-order valence-electron chi connectivity index (χ1n) is 5.84. The van der Waals surface area contributed by atoms with E-state index in [1.807, 2.05) is 0 Å². The van der Waals surface area contributed by atoms with Crippen molar-refractivity contribution in [1.82, 2.24) is 4.90 Å². The topological polar surface area (TPSA) is 66.8 Å². The number of amides is 1. The number of carbonyl (C=O) groups is 2. The number of methoxy groups -OCH3 is 1. The Balaban J connectivity index is 2.03. The van der Waals surface area contributed by atoms with Crippen LogP contribution in [0.2, 0.25) is 0 Å². The quantitative estimate of drug-likeness (QED) is 0.847. The molecular formula is C13H14FNO4. The Labute approximate surface area is 109 Å². The average molecular weight is 267 g/mol. The summed E-state index contributed by atoms with van der Waals surface area (Å²) in [5, 5.41) is 8.85. The van der Waals surface area contributed by atoms with Crippen LogP contribution in [0.15, 0.2) is 24.3 Å². The van der Waals surface area contributed by atoms with Gasteiger partial charge < -0.3 is 9.84 Å². The highest BCUT2D eigenvalue weighted by Gasteiger charge is 2.42. The van der Waals surface area contributed by atoms with Gasteiger partial charge in [0.05, 0.1) is 25.3 Å². The Morgan fingerprint density at radius 2 is 2.05 bits per heavy atom. The maximum atomic E-state index is 13.4. The molecule has 19 heavy (non-hydrogen) atoms. The fourth-order valence-electron chi connectivity index (χ4n) is 2.10. The third-order valence-electron chi connectivity index (χ3n) is 3.25.